The second-order valence-corrected chi connectivity index (χ2v) is 8.51. The van der Waals surface area contributed by atoms with Crippen LogP contribution in [0.1, 0.15) is 70.1 Å². The van der Waals surface area contributed by atoms with Gasteiger partial charge in [-0.3, -0.25) is 24.1 Å². The summed E-state index contributed by atoms with van der Waals surface area (Å²) in [5, 5.41) is 0. The number of amides is 2. The minimum atomic E-state index is -0.365. The molecule has 7 heteroatoms. The second kappa shape index (κ2) is 9.98. The lowest BCUT2D eigenvalue weighted by Gasteiger charge is -2.30. The quantitative estimate of drug-likeness (QED) is 0.343. The summed E-state index contributed by atoms with van der Waals surface area (Å²) in [4.78, 5) is 50.2. The molecule has 0 radical (unpaired) electrons. The normalized spacial score (nSPS) is 19.8. The number of carbonyl (C=O) groups is 4. The Morgan fingerprint density at radius 2 is 1.67 bits per heavy atom. The number of imide groups is 1. The number of hydrogen-bond acceptors (Lipinski definition) is 6. The largest absolute Gasteiger partial charge is 0.493 e. The average Bonchev–Trinajstić information content (AvgIpc) is 3.06. The molecule has 2 aliphatic rings. The van der Waals surface area contributed by atoms with E-state index in [9.17, 15) is 19.2 Å². The summed E-state index contributed by atoms with van der Waals surface area (Å²) in [6.45, 7) is 1.86. The van der Waals surface area contributed by atoms with Gasteiger partial charge in [0, 0.05) is 31.4 Å². The van der Waals surface area contributed by atoms with E-state index >= 15 is 0 Å². The number of fused-ring (bicyclic) bond motifs is 1. The number of benzene rings is 2. The van der Waals surface area contributed by atoms with Crippen molar-refractivity contribution in [2.75, 3.05) is 13.2 Å². The molecule has 1 aliphatic carbocycles. The lowest BCUT2D eigenvalue weighted by molar-refractivity contribution is -0.151. The van der Waals surface area contributed by atoms with Gasteiger partial charge in [-0.05, 0) is 43.5 Å². The monoisotopic (exact) mass is 449 g/mol. The highest BCUT2D eigenvalue weighted by molar-refractivity contribution is 6.21. The smallest absolute Gasteiger partial charge is 0.302 e. The van der Waals surface area contributed by atoms with Gasteiger partial charge in [-0.15, -0.1) is 0 Å². The molecule has 33 heavy (non-hydrogen) atoms. The fourth-order valence-corrected chi connectivity index (χ4v) is 4.50. The number of ketones is 1. The Kier molecular flexibility index (Phi) is 6.87. The van der Waals surface area contributed by atoms with Gasteiger partial charge >= 0.3 is 5.97 Å². The zero-order valence-corrected chi connectivity index (χ0v) is 18.6. The Balaban J connectivity index is 1.34. The fraction of sp³-hybridized carbons (Fsp3) is 0.385. The molecule has 2 aromatic carbocycles. The predicted molar refractivity (Wildman–Crippen MR) is 120 cm³/mol. The zero-order valence-electron chi connectivity index (χ0n) is 18.6. The first kappa shape index (κ1) is 22.7. The molecule has 0 aromatic heterocycles. The van der Waals surface area contributed by atoms with Gasteiger partial charge in [0.05, 0.1) is 17.7 Å². The Morgan fingerprint density at radius 3 is 2.36 bits per heavy atom. The van der Waals surface area contributed by atoms with E-state index in [1.165, 1.54) is 6.92 Å². The van der Waals surface area contributed by atoms with Crippen molar-refractivity contribution in [1.29, 1.82) is 0 Å². The minimum Gasteiger partial charge on any atom is -0.493 e. The molecule has 1 saturated carbocycles. The van der Waals surface area contributed by atoms with E-state index in [2.05, 4.69) is 0 Å². The van der Waals surface area contributed by atoms with E-state index in [0.717, 1.165) is 30.6 Å². The maximum Gasteiger partial charge on any atom is 0.302 e. The zero-order chi connectivity index (χ0) is 23.4. The van der Waals surface area contributed by atoms with Gasteiger partial charge in [0.25, 0.3) is 11.8 Å². The average molecular weight is 450 g/mol. The van der Waals surface area contributed by atoms with Crippen LogP contribution in [-0.4, -0.2) is 47.7 Å². The van der Waals surface area contributed by atoms with Gasteiger partial charge in [-0.1, -0.05) is 30.7 Å². The van der Waals surface area contributed by atoms with Crippen LogP contribution in [-0.2, 0) is 9.53 Å². The van der Waals surface area contributed by atoms with Gasteiger partial charge in [0.15, 0.2) is 5.78 Å². The standard InChI is InChI=1S/C26H27NO6/c1-17(28)33-24-12-5-2-7-19(24)16-32-20-9-6-8-18(15-20)23(29)13-14-27-25(30)21-10-3-4-11-22(21)26(27)31/h3-4,6,8-11,15,19,24H,2,5,7,12-14,16H2,1H3/t19-,24-/m1/s1. The first-order chi connectivity index (χ1) is 15.9. The Morgan fingerprint density at radius 1 is 0.970 bits per heavy atom. The van der Waals surface area contributed by atoms with Crippen molar-refractivity contribution in [2.45, 2.75) is 45.1 Å². The summed E-state index contributed by atoms with van der Waals surface area (Å²) < 4.78 is 11.4. The molecule has 1 fully saturated rings. The third-order valence-corrected chi connectivity index (χ3v) is 6.22. The van der Waals surface area contributed by atoms with Crippen molar-refractivity contribution < 1.29 is 28.7 Å². The summed E-state index contributed by atoms with van der Waals surface area (Å²) in [6, 6.07) is 13.6. The topological polar surface area (TPSA) is 90.0 Å². The fourth-order valence-electron chi connectivity index (χ4n) is 4.50. The van der Waals surface area contributed by atoms with E-state index in [4.69, 9.17) is 9.47 Å². The number of ether oxygens (including phenoxy) is 2. The number of esters is 1. The molecule has 1 heterocycles. The lowest BCUT2D eigenvalue weighted by atomic mass is 9.87. The SMILES string of the molecule is CC(=O)O[C@@H]1CCCC[C@@H]1COc1cccc(C(=O)CCN2C(=O)c3ccccc3C2=O)c1. The van der Waals surface area contributed by atoms with Gasteiger partial charge in [0.1, 0.15) is 11.9 Å². The van der Waals surface area contributed by atoms with Gasteiger partial charge in [0.2, 0.25) is 0 Å². The third kappa shape index (κ3) is 5.13. The number of Topliss-reactive ketones (excluding diaryl/α,β-unsaturated/α-hetero) is 1. The molecule has 172 valence electrons. The highest BCUT2D eigenvalue weighted by Gasteiger charge is 2.35. The number of hydrogen-bond donors (Lipinski definition) is 0. The van der Waals surface area contributed by atoms with Crippen LogP contribution in [0, 0.1) is 5.92 Å². The van der Waals surface area contributed by atoms with Crippen LogP contribution in [0.4, 0.5) is 0 Å². The molecule has 2 atom stereocenters. The molecule has 1 aliphatic heterocycles. The van der Waals surface area contributed by atoms with Crippen molar-refractivity contribution in [3.63, 3.8) is 0 Å². The molecular formula is C26H27NO6. The molecule has 0 spiro atoms. The van der Waals surface area contributed by atoms with Crippen molar-refractivity contribution in [3.05, 3.63) is 65.2 Å². The summed E-state index contributed by atoms with van der Waals surface area (Å²) in [7, 11) is 0. The second-order valence-electron chi connectivity index (χ2n) is 8.51. The summed E-state index contributed by atoms with van der Waals surface area (Å²) >= 11 is 0. The van der Waals surface area contributed by atoms with Crippen LogP contribution in [0.3, 0.4) is 0 Å². The predicted octanol–water partition coefficient (Wildman–Crippen LogP) is 4.06. The van der Waals surface area contributed by atoms with Crippen molar-refractivity contribution in [3.8, 4) is 5.75 Å². The van der Waals surface area contributed by atoms with Gasteiger partial charge in [-0.25, -0.2) is 0 Å². The van der Waals surface area contributed by atoms with Crippen LogP contribution < -0.4 is 4.74 Å². The van der Waals surface area contributed by atoms with Crippen molar-refractivity contribution >= 4 is 23.6 Å². The minimum absolute atomic E-state index is 0.0302. The molecule has 4 rings (SSSR count). The van der Waals surface area contributed by atoms with Crippen molar-refractivity contribution in [1.82, 2.24) is 4.90 Å². The molecule has 2 amide bonds. The molecule has 0 N–H and O–H groups in total. The highest BCUT2D eigenvalue weighted by Crippen LogP contribution is 2.28. The molecule has 7 nitrogen and oxygen atoms in total. The van der Waals surface area contributed by atoms with E-state index in [1.807, 2.05) is 0 Å². The third-order valence-electron chi connectivity index (χ3n) is 6.22. The first-order valence-corrected chi connectivity index (χ1v) is 11.3. The number of carbonyl (C=O) groups excluding carboxylic acids is 4. The number of rotatable bonds is 8. The molecule has 0 unspecified atom stereocenters. The van der Waals surface area contributed by atoms with E-state index in [-0.39, 0.29) is 48.6 Å². The Hall–Kier alpha value is -3.48. The van der Waals surface area contributed by atoms with Crippen LogP contribution in [0.25, 0.3) is 0 Å². The van der Waals surface area contributed by atoms with E-state index < -0.39 is 0 Å². The van der Waals surface area contributed by atoms with E-state index in [0.29, 0.717) is 29.0 Å². The Bertz CT molecular complexity index is 1040. The van der Waals surface area contributed by atoms with Gasteiger partial charge in [-0.2, -0.15) is 0 Å². The van der Waals surface area contributed by atoms with Gasteiger partial charge < -0.3 is 9.47 Å². The van der Waals surface area contributed by atoms with Crippen LogP contribution >= 0.6 is 0 Å². The molecule has 0 saturated heterocycles. The molecular weight excluding hydrogens is 422 g/mol. The van der Waals surface area contributed by atoms with Crippen molar-refractivity contribution in [2.24, 2.45) is 5.92 Å². The summed E-state index contributed by atoms with van der Waals surface area (Å²) in [5.41, 5.74) is 1.21. The maximum atomic E-state index is 12.8. The first-order valence-electron chi connectivity index (χ1n) is 11.3. The van der Waals surface area contributed by atoms with Crippen LogP contribution in [0.2, 0.25) is 0 Å². The van der Waals surface area contributed by atoms with E-state index in [1.54, 1.807) is 48.5 Å². The maximum absolute atomic E-state index is 12.8. The lowest BCUT2D eigenvalue weighted by Crippen LogP contribution is -2.33. The van der Waals surface area contributed by atoms with Crippen LogP contribution in [0.15, 0.2) is 48.5 Å². The highest BCUT2D eigenvalue weighted by atomic mass is 16.5. The summed E-state index contributed by atoms with van der Waals surface area (Å²) in [5.74, 6) is -0.500. The Labute approximate surface area is 192 Å². The molecule has 0 bridgehead atoms. The number of nitrogens with zero attached hydrogens (tertiary/aromatic N) is 1. The molecule has 2 aromatic rings. The van der Waals surface area contributed by atoms with Crippen LogP contribution in [0.5, 0.6) is 5.75 Å². The summed E-state index contributed by atoms with van der Waals surface area (Å²) in [6.07, 6.45) is 3.77.